The largest absolute Gasteiger partial charge is 2.00 e. The molecular formula is C16H22Mn. The molecule has 0 saturated heterocycles. The molecule has 0 saturated carbocycles. The number of hydrogen-bond acceptors (Lipinski definition) is 0. The van der Waals surface area contributed by atoms with Gasteiger partial charge in [0.25, 0.3) is 0 Å². The molecule has 0 aromatic heterocycles. The maximum Gasteiger partial charge on any atom is 2.00 e. The monoisotopic (exact) mass is 269 g/mol. The Morgan fingerprint density at radius 2 is 1.29 bits per heavy atom. The third-order valence-corrected chi connectivity index (χ3v) is 2.57. The average molecular weight is 269 g/mol. The van der Waals surface area contributed by atoms with Crippen LogP contribution in [-0.4, -0.2) is 0 Å². The standard InChI is InChI=1S/2C8H11.Mn/c2*1-2-5-8-6-3-4-7-8;/h2*3,6H,2,4-5H2,1H3;/q2*-1;+2. The van der Waals surface area contributed by atoms with Gasteiger partial charge in [-0.05, 0) is 0 Å². The van der Waals surface area contributed by atoms with Crippen LogP contribution in [0.15, 0.2) is 35.5 Å². The third kappa shape index (κ3) is 7.41. The van der Waals surface area contributed by atoms with E-state index in [9.17, 15) is 0 Å². The Hall–Kier alpha value is -0.521. The summed E-state index contributed by atoms with van der Waals surface area (Å²) in [5.74, 6) is 0. The fourth-order valence-electron chi connectivity index (χ4n) is 1.78. The zero-order chi connectivity index (χ0) is 11.6. The van der Waals surface area contributed by atoms with Crippen molar-refractivity contribution < 1.29 is 17.1 Å². The molecule has 1 heteroatoms. The molecule has 93 valence electrons. The molecule has 1 radical (unpaired) electrons. The molecule has 2 aliphatic carbocycles. The smallest absolute Gasteiger partial charge is 0.269 e. The van der Waals surface area contributed by atoms with E-state index in [1.807, 2.05) is 0 Å². The number of allylic oxidation sites excluding steroid dienone is 8. The quantitative estimate of drug-likeness (QED) is 0.500. The summed E-state index contributed by atoms with van der Waals surface area (Å²) in [5, 5.41) is 0. The van der Waals surface area contributed by atoms with Gasteiger partial charge in [-0.2, -0.15) is 12.2 Å². The van der Waals surface area contributed by atoms with Gasteiger partial charge in [-0.1, -0.05) is 39.5 Å². The summed E-state index contributed by atoms with van der Waals surface area (Å²) in [6, 6.07) is 0. The maximum atomic E-state index is 3.26. The van der Waals surface area contributed by atoms with Crippen LogP contribution in [0, 0.1) is 12.2 Å². The Balaban J connectivity index is 0.000000284. The fourth-order valence-corrected chi connectivity index (χ4v) is 1.78. The van der Waals surface area contributed by atoms with Gasteiger partial charge in [0.2, 0.25) is 0 Å². The molecule has 0 spiro atoms. The van der Waals surface area contributed by atoms with E-state index in [1.54, 1.807) is 0 Å². The molecule has 0 heterocycles. The van der Waals surface area contributed by atoms with E-state index in [2.05, 4.69) is 50.3 Å². The van der Waals surface area contributed by atoms with Crippen LogP contribution < -0.4 is 0 Å². The van der Waals surface area contributed by atoms with Crippen LogP contribution in [0.5, 0.6) is 0 Å². The average Bonchev–Trinajstić information content (AvgIpc) is 2.92. The van der Waals surface area contributed by atoms with Crippen molar-refractivity contribution in [2.45, 2.75) is 52.4 Å². The first-order valence-corrected chi connectivity index (χ1v) is 6.39. The summed E-state index contributed by atoms with van der Waals surface area (Å²) in [6.07, 6.45) is 22.2. The van der Waals surface area contributed by atoms with Gasteiger partial charge in [-0.25, -0.2) is 23.3 Å². The zero-order valence-corrected chi connectivity index (χ0v) is 12.1. The fraction of sp³-hybridized carbons (Fsp3) is 0.500. The van der Waals surface area contributed by atoms with Crippen molar-refractivity contribution in [3.05, 3.63) is 47.6 Å². The van der Waals surface area contributed by atoms with Crippen molar-refractivity contribution >= 4 is 0 Å². The Morgan fingerprint density at radius 3 is 1.53 bits per heavy atom. The van der Waals surface area contributed by atoms with Crippen LogP contribution in [0.3, 0.4) is 0 Å². The predicted molar refractivity (Wildman–Crippen MR) is 70.8 cm³/mol. The summed E-state index contributed by atoms with van der Waals surface area (Å²) in [4.78, 5) is 0. The van der Waals surface area contributed by atoms with Crippen LogP contribution >= 0.6 is 0 Å². The molecule has 0 aliphatic heterocycles. The Labute approximate surface area is 117 Å². The normalized spacial score (nSPS) is 15.9. The minimum Gasteiger partial charge on any atom is -0.269 e. The molecule has 0 N–H and O–H groups in total. The van der Waals surface area contributed by atoms with Crippen LogP contribution in [0.25, 0.3) is 0 Å². The number of rotatable bonds is 4. The van der Waals surface area contributed by atoms with Gasteiger partial charge in [0.05, 0.1) is 0 Å². The second kappa shape index (κ2) is 10.6. The van der Waals surface area contributed by atoms with Crippen molar-refractivity contribution in [1.29, 1.82) is 0 Å². The predicted octanol–water partition coefficient (Wildman–Crippen LogP) is 4.95. The molecule has 0 atom stereocenters. The molecule has 2 aliphatic rings. The number of hydrogen-bond donors (Lipinski definition) is 0. The van der Waals surface area contributed by atoms with Gasteiger partial charge < -0.3 is 0 Å². The molecule has 0 bridgehead atoms. The first-order valence-electron chi connectivity index (χ1n) is 6.39. The van der Waals surface area contributed by atoms with Gasteiger partial charge in [-0.15, -0.1) is 12.8 Å². The van der Waals surface area contributed by atoms with E-state index in [4.69, 9.17) is 0 Å². The summed E-state index contributed by atoms with van der Waals surface area (Å²) in [6.45, 7) is 4.39. The SMILES string of the molecule is CCCC1=[C-]CC=C1.CCCC1=[C-]CC=C1.[Mn+2]. The molecule has 0 nitrogen and oxygen atoms in total. The van der Waals surface area contributed by atoms with Crippen LogP contribution in [-0.2, 0) is 17.1 Å². The summed E-state index contributed by atoms with van der Waals surface area (Å²) >= 11 is 0. The van der Waals surface area contributed by atoms with Crippen LogP contribution in [0.2, 0.25) is 0 Å². The topological polar surface area (TPSA) is 0 Å². The van der Waals surface area contributed by atoms with Gasteiger partial charge in [0.15, 0.2) is 0 Å². The second-order valence-electron chi connectivity index (χ2n) is 4.12. The molecule has 0 amide bonds. The first-order chi connectivity index (χ1) is 7.86. The third-order valence-electron chi connectivity index (χ3n) is 2.57. The zero-order valence-electron chi connectivity index (χ0n) is 10.9. The Kier molecular flexibility index (Phi) is 10.3. The minimum atomic E-state index is 0. The maximum absolute atomic E-state index is 3.26. The van der Waals surface area contributed by atoms with Crippen molar-refractivity contribution in [3.63, 3.8) is 0 Å². The molecule has 0 aromatic carbocycles. The molecule has 0 fully saturated rings. The van der Waals surface area contributed by atoms with Crippen LogP contribution in [0.4, 0.5) is 0 Å². The molecule has 17 heavy (non-hydrogen) atoms. The molecule has 0 aromatic rings. The summed E-state index contributed by atoms with van der Waals surface area (Å²) in [5.41, 5.74) is 2.79. The summed E-state index contributed by atoms with van der Waals surface area (Å²) in [7, 11) is 0. The van der Waals surface area contributed by atoms with Gasteiger partial charge in [-0.3, -0.25) is 12.2 Å². The van der Waals surface area contributed by atoms with E-state index < -0.39 is 0 Å². The molecule has 2 rings (SSSR count). The summed E-state index contributed by atoms with van der Waals surface area (Å²) < 4.78 is 0. The minimum absolute atomic E-state index is 0. The van der Waals surface area contributed by atoms with Crippen LogP contribution in [0.1, 0.15) is 52.4 Å². The Bertz CT molecular complexity index is 273. The van der Waals surface area contributed by atoms with Crippen molar-refractivity contribution in [2.75, 3.05) is 0 Å². The van der Waals surface area contributed by atoms with E-state index in [1.165, 1.54) is 36.8 Å². The molecule has 0 unspecified atom stereocenters. The van der Waals surface area contributed by atoms with E-state index in [0.29, 0.717) is 0 Å². The second-order valence-corrected chi connectivity index (χ2v) is 4.12. The van der Waals surface area contributed by atoms with Crippen molar-refractivity contribution in [1.82, 2.24) is 0 Å². The van der Waals surface area contributed by atoms with Gasteiger partial charge in [0, 0.05) is 0 Å². The van der Waals surface area contributed by atoms with E-state index >= 15 is 0 Å². The first kappa shape index (κ1) is 16.5. The van der Waals surface area contributed by atoms with Gasteiger partial charge >= 0.3 is 17.1 Å². The van der Waals surface area contributed by atoms with Crippen molar-refractivity contribution in [3.8, 4) is 0 Å². The Morgan fingerprint density at radius 1 is 0.882 bits per heavy atom. The van der Waals surface area contributed by atoms with Crippen molar-refractivity contribution in [2.24, 2.45) is 0 Å². The van der Waals surface area contributed by atoms with E-state index in [0.717, 1.165) is 12.8 Å². The molecular weight excluding hydrogens is 247 g/mol. The van der Waals surface area contributed by atoms with Gasteiger partial charge in [0.1, 0.15) is 0 Å². The van der Waals surface area contributed by atoms with E-state index in [-0.39, 0.29) is 17.1 Å².